The van der Waals surface area contributed by atoms with Gasteiger partial charge in [0.05, 0.1) is 30.0 Å². The number of sulfonamides is 1. The smallest absolute Gasteiger partial charge is 0.338 e. The summed E-state index contributed by atoms with van der Waals surface area (Å²) in [7, 11) is -2.59. The Hall–Kier alpha value is -1.96. The maximum absolute atomic E-state index is 13.3. The van der Waals surface area contributed by atoms with E-state index < -0.39 is 16.0 Å². The number of halogens is 2. The number of hydrogen-bond donors (Lipinski definition) is 0. The highest BCUT2D eigenvalue weighted by Gasteiger charge is 2.29. The first-order valence-corrected chi connectivity index (χ1v) is 10.7. The summed E-state index contributed by atoms with van der Waals surface area (Å²) in [5.74, 6) is -0.184. The number of hydrogen-bond acceptors (Lipinski definition) is 5. The minimum absolute atomic E-state index is 0.0238. The molecule has 152 valence electrons. The molecule has 9 heteroatoms. The average molecular weight is 446 g/mol. The molecule has 0 radical (unpaired) electrons. The third-order valence-electron chi connectivity index (χ3n) is 4.06. The summed E-state index contributed by atoms with van der Waals surface area (Å²) >= 11 is 12.3. The molecule has 0 N–H and O–H groups in total. The van der Waals surface area contributed by atoms with Crippen LogP contribution in [0.4, 0.5) is 5.69 Å². The van der Waals surface area contributed by atoms with Crippen molar-refractivity contribution in [1.29, 1.82) is 0 Å². The van der Waals surface area contributed by atoms with Gasteiger partial charge in [-0.05, 0) is 56.7 Å². The first-order chi connectivity index (χ1) is 13.2. The fourth-order valence-electron chi connectivity index (χ4n) is 2.74. The van der Waals surface area contributed by atoms with Crippen LogP contribution in [0.15, 0.2) is 35.2 Å². The van der Waals surface area contributed by atoms with Crippen molar-refractivity contribution in [3.8, 4) is 5.75 Å². The van der Waals surface area contributed by atoms with Crippen LogP contribution in [0.5, 0.6) is 5.75 Å². The van der Waals surface area contributed by atoms with E-state index in [4.69, 9.17) is 32.7 Å². The Morgan fingerprint density at radius 3 is 2.32 bits per heavy atom. The molecule has 0 saturated carbocycles. The van der Waals surface area contributed by atoms with Gasteiger partial charge in [0.15, 0.2) is 0 Å². The molecule has 0 saturated heterocycles. The van der Waals surface area contributed by atoms with Gasteiger partial charge in [0, 0.05) is 6.54 Å². The summed E-state index contributed by atoms with van der Waals surface area (Å²) in [5, 5.41) is -0.0871. The molecule has 28 heavy (non-hydrogen) atoms. The third-order valence-corrected chi connectivity index (χ3v) is 6.97. The molecular weight excluding hydrogens is 425 g/mol. The Morgan fingerprint density at radius 2 is 1.79 bits per heavy atom. The minimum atomic E-state index is -4.00. The maximum atomic E-state index is 13.3. The number of carbonyl (C=O) groups is 1. The largest absolute Gasteiger partial charge is 0.495 e. The zero-order valence-corrected chi connectivity index (χ0v) is 18.3. The number of anilines is 1. The van der Waals surface area contributed by atoms with Crippen LogP contribution >= 0.6 is 23.2 Å². The SMILES string of the molecule is CCOC(=O)c1ccc(N(CC)S(=O)(=O)c2ccc(OC)c(Cl)c2Cl)c(C)c1. The van der Waals surface area contributed by atoms with Crippen molar-refractivity contribution in [3.63, 3.8) is 0 Å². The molecule has 0 aliphatic heterocycles. The van der Waals surface area contributed by atoms with Crippen LogP contribution in [0, 0.1) is 6.92 Å². The molecule has 2 rings (SSSR count). The Kier molecular flexibility index (Phi) is 7.20. The molecule has 6 nitrogen and oxygen atoms in total. The van der Waals surface area contributed by atoms with Crippen LogP contribution in [-0.4, -0.2) is 34.6 Å². The zero-order valence-electron chi connectivity index (χ0n) is 16.0. The van der Waals surface area contributed by atoms with Gasteiger partial charge in [0.25, 0.3) is 10.0 Å². The Balaban J connectivity index is 2.53. The van der Waals surface area contributed by atoms with Gasteiger partial charge in [0.1, 0.15) is 15.7 Å². The lowest BCUT2D eigenvalue weighted by atomic mass is 10.1. The van der Waals surface area contributed by atoms with Crippen LogP contribution < -0.4 is 9.04 Å². The van der Waals surface area contributed by atoms with Crippen LogP contribution in [0.1, 0.15) is 29.8 Å². The van der Waals surface area contributed by atoms with Gasteiger partial charge >= 0.3 is 5.97 Å². The number of benzene rings is 2. The van der Waals surface area contributed by atoms with Crippen molar-refractivity contribution in [2.24, 2.45) is 0 Å². The van der Waals surface area contributed by atoms with Crippen LogP contribution in [0.2, 0.25) is 10.0 Å². The molecule has 0 atom stereocenters. The lowest BCUT2D eigenvalue weighted by Gasteiger charge is -2.25. The number of aryl methyl sites for hydroxylation is 1. The number of nitrogens with zero attached hydrogens (tertiary/aromatic N) is 1. The van der Waals surface area contributed by atoms with E-state index in [0.29, 0.717) is 16.8 Å². The van der Waals surface area contributed by atoms with E-state index in [1.54, 1.807) is 32.9 Å². The van der Waals surface area contributed by atoms with Crippen LogP contribution in [0.25, 0.3) is 0 Å². The molecule has 2 aromatic carbocycles. The van der Waals surface area contributed by atoms with Gasteiger partial charge in [-0.3, -0.25) is 4.31 Å². The molecule has 0 fully saturated rings. The van der Waals surface area contributed by atoms with Crippen LogP contribution in [-0.2, 0) is 14.8 Å². The maximum Gasteiger partial charge on any atom is 0.338 e. The second-order valence-corrected chi connectivity index (χ2v) is 8.37. The molecule has 0 aliphatic carbocycles. The first-order valence-electron chi connectivity index (χ1n) is 8.51. The zero-order chi connectivity index (χ0) is 21.1. The number of methoxy groups -OCH3 is 1. The van der Waals surface area contributed by atoms with Crippen LogP contribution in [0.3, 0.4) is 0 Å². The fourth-order valence-corrected chi connectivity index (χ4v) is 5.09. The molecule has 0 heterocycles. The third kappa shape index (κ3) is 4.21. The molecule has 0 bridgehead atoms. The van der Waals surface area contributed by atoms with Crippen molar-refractivity contribution in [2.75, 3.05) is 24.6 Å². The Morgan fingerprint density at radius 1 is 1.11 bits per heavy atom. The van der Waals surface area contributed by atoms with Gasteiger partial charge in [-0.1, -0.05) is 23.2 Å². The summed E-state index contributed by atoms with van der Waals surface area (Å²) in [6.45, 7) is 5.55. The van der Waals surface area contributed by atoms with E-state index in [-0.39, 0.29) is 33.8 Å². The van der Waals surface area contributed by atoms with Crippen molar-refractivity contribution in [2.45, 2.75) is 25.7 Å². The molecule has 0 unspecified atom stereocenters. The van der Waals surface area contributed by atoms with E-state index in [1.165, 1.54) is 29.6 Å². The minimum Gasteiger partial charge on any atom is -0.495 e. The van der Waals surface area contributed by atoms with Gasteiger partial charge < -0.3 is 9.47 Å². The lowest BCUT2D eigenvalue weighted by molar-refractivity contribution is 0.0526. The summed E-state index contributed by atoms with van der Waals surface area (Å²) in [6, 6.07) is 7.50. The number of rotatable bonds is 7. The topological polar surface area (TPSA) is 72.9 Å². The second-order valence-electron chi connectivity index (χ2n) is 5.79. The number of carbonyl (C=O) groups excluding carboxylic acids is 1. The second kappa shape index (κ2) is 9.03. The van der Waals surface area contributed by atoms with Gasteiger partial charge in [-0.15, -0.1) is 0 Å². The van der Waals surface area contributed by atoms with E-state index in [2.05, 4.69) is 0 Å². The van der Waals surface area contributed by atoms with Gasteiger partial charge in [0.2, 0.25) is 0 Å². The van der Waals surface area contributed by atoms with Gasteiger partial charge in [-0.2, -0.15) is 0 Å². The Labute approximate surface area is 175 Å². The molecule has 2 aromatic rings. The van der Waals surface area contributed by atoms with E-state index in [9.17, 15) is 13.2 Å². The summed E-state index contributed by atoms with van der Waals surface area (Å²) in [5.41, 5.74) is 1.38. The highest BCUT2D eigenvalue weighted by Crippen LogP contribution is 2.39. The average Bonchev–Trinajstić information content (AvgIpc) is 2.65. The monoisotopic (exact) mass is 445 g/mol. The van der Waals surface area contributed by atoms with E-state index >= 15 is 0 Å². The predicted molar refractivity (Wildman–Crippen MR) is 110 cm³/mol. The normalized spacial score (nSPS) is 11.2. The van der Waals surface area contributed by atoms with Gasteiger partial charge in [-0.25, -0.2) is 13.2 Å². The summed E-state index contributed by atoms with van der Waals surface area (Å²) in [6.07, 6.45) is 0. The summed E-state index contributed by atoms with van der Waals surface area (Å²) in [4.78, 5) is 11.8. The highest BCUT2D eigenvalue weighted by atomic mass is 35.5. The van der Waals surface area contributed by atoms with Crippen molar-refractivity contribution in [3.05, 3.63) is 51.5 Å². The lowest BCUT2D eigenvalue weighted by Crippen LogP contribution is -2.31. The number of ether oxygens (including phenoxy) is 2. The van der Waals surface area contributed by atoms with Crippen molar-refractivity contribution >= 4 is 44.9 Å². The predicted octanol–water partition coefficient (Wildman–Crippen LogP) is 4.70. The molecular formula is C19H21Cl2NO5S. The standard InChI is InChI=1S/C19H21Cl2NO5S/c1-5-22(14-8-7-13(11-12(14)3)19(23)27-6-2)28(24,25)16-10-9-15(26-4)17(20)18(16)21/h7-11H,5-6H2,1-4H3. The number of esters is 1. The molecule has 0 spiro atoms. The molecule has 0 aliphatic rings. The van der Waals surface area contributed by atoms with Crippen molar-refractivity contribution in [1.82, 2.24) is 0 Å². The highest BCUT2D eigenvalue weighted by molar-refractivity contribution is 7.93. The van der Waals surface area contributed by atoms with Crippen molar-refractivity contribution < 1.29 is 22.7 Å². The summed E-state index contributed by atoms with van der Waals surface area (Å²) < 4.78 is 37.8. The molecule has 0 aromatic heterocycles. The quantitative estimate of drug-likeness (QED) is 0.577. The fraction of sp³-hybridized carbons (Fsp3) is 0.316. The Bertz CT molecular complexity index is 992. The molecule has 0 amide bonds. The van der Waals surface area contributed by atoms with E-state index in [0.717, 1.165) is 0 Å². The van der Waals surface area contributed by atoms with E-state index in [1.807, 2.05) is 0 Å². The first kappa shape index (κ1) is 22.3.